The van der Waals surface area contributed by atoms with Crippen molar-refractivity contribution in [2.24, 2.45) is 5.92 Å². The largest absolute Gasteiger partial charge is 0.391 e. The summed E-state index contributed by atoms with van der Waals surface area (Å²) in [6.07, 6.45) is 11.4. The molecule has 0 aromatic rings. The van der Waals surface area contributed by atoms with Crippen molar-refractivity contribution < 1.29 is 5.11 Å². The molecule has 2 atom stereocenters. The van der Waals surface area contributed by atoms with Gasteiger partial charge in [0.25, 0.3) is 0 Å². The Bertz CT molecular complexity index is 274. The molecule has 1 aliphatic heterocycles. The summed E-state index contributed by atoms with van der Waals surface area (Å²) in [7, 11) is 0. The van der Waals surface area contributed by atoms with Crippen molar-refractivity contribution in [2.45, 2.75) is 76.0 Å². The molecule has 19 heavy (non-hydrogen) atoms. The van der Waals surface area contributed by atoms with Gasteiger partial charge in [0, 0.05) is 18.6 Å². The topological polar surface area (TPSA) is 35.5 Å². The minimum Gasteiger partial charge on any atom is -0.391 e. The quantitative estimate of drug-likeness (QED) is 0.765. The zero-order chi connectivity index (χ0) is 13.1. The molecule has 0 radical (unpaired) electrons. The molecule has 3 rings (SSSR count). The van der Waals surface area contributed by atoms with E-state index >= 15 is 0 Å². The maximum atomic E-state index is 10.5. The normalized spacial score (nSPS) is 34.4. The fourth-order valence-corrected chi connectivity index (χ4v) is 3.98. The second-order valence-corrected chi connectivity index (χ2v) is 6.89. The summed E-state index contributed by atoms with van der Waals surface area (Å²) in [5, 5.41) is 13.9. The van der Waals surface area contributed by atoms with Crippen LogP contribution >= 0.6 is 0 Å². The second kappa shape index (κ2) is 6.55. The highest BCUT2D eigenvalue weighted by Crippen LogP contribution is 2.34. The van der Waals surface area contributed by atoms with Crippen LogP contribution in [0, 0.1) is 5.92 Å². The van der Waals surface area contributed by atoms with Gasteiger partial charge in [0.2, 0.25) is 0 Å². The fraction of sp³-hybridized carbons (Fsp3) is 1.00. The van der Waals surface area contributed by atoms with E-state index in [2.05, 4.69) is 10.2 Å². The van der Waals surface area contributed by atoms with Crippen LogP contribution < -0.4 is 5.32 Å². The molecule has 2 N–H and O–H groups in total. The van der Waals surface area contributed by atoms with E-state index in [1.54, 1.807) is 0 Å². The molecule has 3 heteroatoms. The highest BCUT2D eigenvalue weighted by Gasteiger charge is 2.38. The Balaban J connectivity index is 1.61. The van der Waals surface area contributed by atoms with E-state index in [0.29, 0.717) is 6.04 Å². The molecule has 0 aromatic carbocycles. The number of nitrogens with zero attached hydrogens (tertiary/aromatic N) is 1. The van der Waals surface area contributed by atoms with Crippen molar-refractivity contribution >= 4 is 0 Å². The number of hydrogen-bond acceptors (Lipinski definition) is 3. The Kier molecular flexibility index (Phi) is 4.78. The maximum absolute atomic E-state index is 10.5. The van der Waals surface area contributed by atoms with Gasteiger partial charge >= 0.3 is 0 Å². The number of hydrogen-bond donors (Lipinski definition) is 2. The molecule has 2 saturated carbocycles. The minimum absolute atomic E-state index is 0.0650. The summed E-state index contributed by atoms with van der Waals surface area (Å²) in [5.41, 5.74) is 0. The Morgan fingerprint density at radius 2 is 1.63 bits per heavy atom. The lowest BCUT2D eigenvalue weighted by Gasteiger charge is -2.37. The first-order valence-electron chi connectivity index (χ1n) is 8.49. The van der Waals surface area contributed by atoms with Crippen LogP contribution in [-0.4, -0.2) is 47.8 Å². The molecule has 1 heterocycles. The van der Waals surface area contributed by atoms with E-state index in [1.165, 1.54) is 71.0 Å². The molecular weight excluding hydrogens is 236 g/mol. The first-order valence-corrected chi connectivity index (χ1v) is 8.49. The monoisotopic (exact) mass is 266 g/mol. The van der Waals surface area contributed by atoms with Crippen molar-refractivity contribution in [3.05, 3.63) is 0 Å². The molecule has 110 valence electrons. The molecular formula is C16H30N2O. The van der Waals surface area contributed by atoms with Crippen LogP contribution in [0.5, 0.6) is 0 Å². The summed E-state index contributed by atoms with van der Waals surface area (Å²) in [6.45, 7) is 3.63. The van der Waals surface area contributed by atoms with E-state index in [9.17, 15) is 5.11 Å². The molecule has 3 aliphatic rings. The van der Waals surface area contributed by atoms with Crippen molar-refractivity contribution in [1.29, 1.82) is 0 Å². The van der Waals surface area contributed by atoms with Crippen LogP contribution in [0.1, 0.15) is 57.8 Å². The van der Waals surface area contributed by atoms with E-state index in [4.69, 9.17) is 0 Å². The predicted molar refractivity (Wildman–Crippen MR) is 78.2 cm³/mol. The average Bonchev–Trinajstić information content (AvgIpc) is 3.26. The lowest BCUT2D eigenvalue weighted by Crippen LogP contribution is -2.47. The van der Waals surface area contributed by atoms with Gasteiger partial charge in [-0.05, 0) is 57.5 Å². The van der Waals surface area contributed by atoms with E-state index < -0.39 is 0 Å². The molecule has 1 saturated heterocycles. The van der Waals surface area contributed by atoms with Crippen molar-refractivity contribution in [2.75, 3.05) is 19.6 Å². The maximum Gasteiger partial charge on any atom is 0.0695 e. The number of rotatable bonds is 4. The molecule has 0 aromatic heterocycles. The third-order valence-electron chi connectivity index (χ3n) is 5.31. The van der Waals surface area contributed by atoms with E-state index in [0.717, 1.165) is 18.4 Å². The van der Waals surface area contributed by atoms with Crippen molar-refractivity contribution in [3.8, 4) is 0 Å². The van der Waals surface area contributed by atoms with Crippen LogP contribution in [0.25, 0.3) is 0 Å². The highest BCUT2D eigenvalue weighted by atomic mass is 16.3. The Labute approximate surface area is 117 Å². The minimum atomic E-state index is -0.0650. The molecule has 0 spiro atoms. The standard InChI is InChI=1S/C16H30N2O/c19-16-5-3-1-2-4-15(16)18(14-6-7-14)12-13-8-10-17-11-9-13/h13-17,19H,1-12H2. The summed E-state index contributed by atoms with van der Waals surface area (Å²) >= 11 is 0. The summed E-state index contributed by atoms with van der Waals surface area (Å²) in [4.78, 5) is 2.71. The highest BCUT2D eigenvalue weighted by molar-refractivity contribution is 4.93. The van der Waals surface area contributed by atoms with Gasteiger partial charge in [0.1, 0.15) is 0 Å². The van der Waals surface area contributed by atoms with Gasteiger partial charge in [0.15, 0.2) is 0 Å². The first kappa shape index (κ1) is 13.8. The summed E-state index contributed by atoms with van der Waals surface area (Å²) in [6, 6.07) is 1.26. The Hall–Kier alpha value is -0.120. The molecule has 3 fully saturated rings. The summed E-state index contributed by atoms with van der Waals surface area (Å²) in [5.74, 6) is 0.859. The third kappa shape index (κ3) is 3.71. The lowest BCUT2D eigenvalue weighted by atomic mass is 9.95. The summed E-state index contributed by atoms with van der Waals surface area (Å²) < 4.78 is 0. The number of aliphatic hydroxyl groups is 1. The lowest BCUT2D eigenvalue weighted by molar-refractivity contribution is 0.0276. The van der Waals surface area contributed by atoms with Gasteiger partial charge in [-0.1, -0.05) is 19.3 Å². The number of piperidine rings is 1. The smallest absolute Gasteiger partial charge is 0.0695 e. The first-order chi connectivity index (χ1) is 9.34. The molecule has 2 unspecified atom stereocenters. The van der Waals surface area contributed by atoms with Gasteiger partial charge in [-0.3, -0.25) is 4.90 Å². The van der Waals surface area contributed by atoms with E-state index in [-0.39, 0.29) is 6.10 Å². The molecule has 0 bridgehead atoms. The SMILES string of the molecule is OC1CCCCCC1N(CC1CCNCC1)C1CC1. The third-order valence-corrected chi connectivity index (χ3v) is 5.31. The molecule has 3 nitrogen and oxygen atoms in total. The Morgan fingerprint density at radius 3 is 2.37 bits per heavy atom. The van der Waals surface area contributed by atoms with Crippen LogP contribution in [0.4, 0.5) is 0 Å². The van der Waals surface area contributed by atoms with Gasteiger partial charge in [-0.15, -0.1) is 0 Å². The van der Waals surface area contributed by atoms with Crippen LogP contribution in [0.15, 0.2) is 0 Å². The van der Waals surface area contributed by atoms with Crippen molar-refractivity contribution in [3.63, 3.8) is 0 Å². The van der Waals surface area contributed by atoms with Crippen molar-refractivity contribution in [1.82, 2.24) is 10.2 Å². The van der Waals surface area contributed by atoms with E-state index in [1.807, 2.05) is 0 Å². The van der Waals surface area contributed by atoms with Crippen LogP contribution in [-0.2, 0) is 0 Å². The van der Waals surface area contributed by atoms with Gasteiger partial charge < -0.3 is 10.4 Å². The number of aliphatic hydroxyl groups excluding tert-OH is 1. The fourth-order valence-electron chi connectivity index (χ4n) is 3.98. The van der Waals surface area contributed by atoms with Gasteiger partial charge in [-0.25, -0.2) is 0 Å². The zero-order valence-electron chi connectivity index (χ0n) is 12.2. The van der Waals surface area contributed by atoms with Crippen LogP contribution in [0.2, 0.25) is 0 Å². The van der Waals surface area contributed by atoms with Gasteiger partial charge in [-0.2, -0.15) is 0 Å². The van der Waals surface area contributed by atoms with Crippen LogP contribution in [0.3, 0.4) is 0 Å². The average molecular weight is 266 g/mol. The zero-order valence-corrected chi connectivity index (χ0v) is 12.2. The number of nitrogens with one attached hydrogen (secondary N) is 1. The van der Waals surface area contributed by atoms with Gasteiger partial charge in [0.05, 0.1) is 6.10 Å². The molecule has 2 aliphatic carbocycles. The second-order valence-electron chi connectivity index (χ2n) is 6.89. The molecule has 0 amide bonds. The Morgan fingerprint density at radius 1 is 0.895 bits per heavy atom. The predicted octanol–water partition coefficient (Wildman–Crippen LogP) is 2.14.